The van der Waals surface area contributed by atoms with Gasteiger partial charge < -0.3 is 9.88 Å². The molecule has 1 N–H and O–H groups in total. The number of aromatic nitrogens is 1. The van der Waals surface area contributed by atoms with Gasteiger partial charge in [-0.2, -0.15) is 0 Å². The number of piperazine rings is 1. The van der Waals surface area contributed by atoms with Crippen molar-refractivity contribution >= 4 is 10.9 Å². The van der Waals surface area contributed by atoms with Crippen molar-refractivity contribution in [2.24, 2.45) is 0 Å². The lowest BCUT2D eigenvalue weighted by atomic mass is 10.1. The monoisotopic (exact) mass is 285 g/mol. The third-order valence-electron chi connectivity index (χ3n) is 4.53. The quantitative estimate of drug-likeness (QED) is 0.916. The smallest absolute Gasteiger partial charge is 0.194 e. The van der Waals surface area contributed by atoms with Crippen LogP contribution >= 0.6 is 0 Å². The molecule has 3 rings (SSSR count). The molecular formula is C17H23N3O. The second-order valence-corrected chi connectivity index (χ2v) is 6.13. The SMILES string of the molecule is Cc1[nH]c2c(C)cccc2c(=O)c1CN1CCN(C)CC1. The van der Waals surface area contributed by atoms with Crippen molar-refractivity contribution in [2.45, 2.75) is 20.4 Å². The summed E-state index contributed by atoms with van der Waals surface area (Å²) in [5.74, 6) is 0. The van der Waals surface area contributed by atoms with E-state index in [1.54, 1.807) is 0 Å². The molecule has 0 saturated carbocycles. The molecule has 0 unspecified atom stereocenters. The van der Waals surface area contributed by atoms with Gasteiger partial charge in [0.05, 0.1) is 5.52 Å². The van der Waals surface area contributed by atoms with E-state index in [4.69, 9.17) is 0 Å². The van der Waals surface area contributed by atoms with Crippen LogP contribution in [0.1, 0.15) is 16.8 Å². The first-order valence-corrected chi connectivity index (χ1v) is 7.58. The van der Waals surface area contributed by atoms with Crippen LogP contribution in [0.5, 0.6) is 0 Å². The van der Waals surface area contributed by atoms with Crippen molar-refractivity contribution in [2.75, 3.05) is 33.2 Å². The number of likely N-dealkylation sites (N-methyl/N-ethyl adjacent to an activating group) is 1. The fourth-order valence-corrected chi connectivity index (χ4v) is 3.04. The molecule has 1 aromatic heterocycles. The topological polar surface area (TPSA) is 39.3 Å². The first kappa shape index (κ1) is 14.3. The molecule has 1 saturated heterocycles. The molecule has 0 spiro atoms. The second-order valence-electron chi connectivity index (χ2n) is 6.13. The summed E-state index contributed by atoms with van der Waals surface area (Å²) < 4.78 is 0. The van der Waals surface area contributed by atoms with Crippen LogP contribution in [0.4, 0.5) is 0 Å². The average molecular weight is 285 g/mol. The van der Waals surface area contributed by atoms with Crippen molar-refractivity contribution < 1.29 is 0 Å². The molecule has 1 aliphatic heterocycles. The van der Waals surface area contributed by atoms with Gasteiger partial charge in [0.15, 0.2) is 5.43 Å². The molecule has 0 atom stereocenters. The maximum absolute atomic E-state index is 12.8. The van der Waals surface area contributed by atoms with Crippen LogP contribution in [0, 0.1) is 13.8 Å². The van der Waals surface area contributed by atoms with E-state index < -0.39 is 0 Å². The summed E-state index contributed by atoms with van der Waals surface area (Å²) in [7, 11) is 2.15. The lowest BCUT2D eigenvalue weighted by Crippen LogP contribution is -2.44. The van der Waals surface area contributed by atoms with E-state index in [0.29, 0.717) is 0 Å². The largest absolute Gasteiger partial charge is 0.358 e. The number of hydrogen-bond acceptors (Lipinski definition) is 3. The van der Waals surface area contributed by atoms with E-state index in [-0.39, 0.29) is 5.43 Å². The standard InChI is InChI=1S/C17H23N3O/c1-12-5-4-6-14-16(12)18-13(2)15(17(14)21)11-20-9-7-19(3)8-10-20/h4-6H,7-11H2,1-3H3,(H,18,21). The highest BCUT2D eigenvalue weighted by Crippen LogP contribution is 2.16. The Bertz CT molecular complexity index is 712. The Kier molecular flexibility index (Phi) is 3.83. The number of aryl methyl sites for hydroxylation is 2. The Balaban J connectivity index is 1.97. The van der Waals surface area contributed by atoms with Crippen molar-refractivity contribution in [3.63, 3.8) is 0 Å². The van der Waals surface area contributed by atoms with Gasteiger partial charge >= 0.3 is 0 Å². The summed E-state index contributed by atoms with van der Waals surface area (Å²) >= 11 is 0. The van der Waals surface area contributed by atoms with Gasteiger partial charge in [-0.05, 0) is 32.5 Å². The van der Waals surface area contributed by atoms with Crippen LogP contribution in [0.25, 0.3) is 10.9 Å². The third-order valence-corrected chi connectivity index (χ3v) is 4.53. The van der Waals surface area contributed by atoms with Gasteiger partial charge in [0.1, 0.15) is 0 Å². The molecule has 0 radical (unpaired) electrons. The molecule has 0 aliphatic carbocycles. The van der Waals surface area contributed by atoms with Crippen LogP contribution in [-0.2, 0) is 6.54 Å². The summed E-state index contributed by atoms with van der Waals surface area (Å²) in [5.41, 5.74) is 4.20. The molecule has 21 heavy (non-hydrogen) atoms. The molecule has 2 aromatic rings. The summed E-state index contributed by atoms with van der Waals surface area (Å²) in [6.45, 7) is 9.01. The number of nitrogens with zero attached hydrogens (tertiary/aromatic N) is 2. The van der Waals surface area contributed by atoms with Crippen LogP contribution < -0.4 is 5.43 Å². The Morgan fingerprint density at radius 1 is 1.14 bits per heavy atom. The van der Waals surface area contributed by atoms with E-state index in [1.807, 2.05) is 32.0 Å². The Morgan fingerprint density at radius 3 is 2.57 bits per heavy atom. The van der Waals surface area contributed by atoms with E-state index >= 15 is 0 Å². The van der Waals surface area contributed by atoms with E-state index in [9.17, 15) is 4.79 Å². The summed E-state index contributed by atoms with van der Waals surface area (Å²) in [5, 5.41) is 0.810. The molecule has 0 bridgehead atoms. The molecule has 112 valence electrons. The average Bonchev–Trinajstić information content (AvgIpc) is 2.47. The van der Waals surface area contributed by atoms with Crippen LogP contribution in [0.3, 0.4) is 0 Å². The normalized spacial score (nSPS) is 17.5. The number of nitrogens with one attached hydrogen (secondary N) is 1. The fraction of sp³-hybridized carbons (Fsp3) is 0.471. The number of para-hydroxylation sites is 1. The van der Waals surface area contributed by atoms with Gasteiger partial charge in [-0.1, -0.05) is 12.1 Å². The van der Waals surface area contributed by atoms with Crippen molar-refractivity contribution in [3.05, 3.63) is 45.2 Å². The van der Waals surface area contributed by atoms with Crippen molar-refractivity contribution in [1.29, 1.82) is 0 Å². The lowest BCUT2D eigenvalue weighted by molar-refractivity contribution is 0.147. The fourth-order valence-electron chi connectivity index (χ4n) is 3.04. The maximum atomic E-state index is 12.8. The van der Waals surface area contributed by atoms with E-state index in [0.717, 1.165) is 60.4 Å². The lowest BCUT2D eigenvalue weighted by Gasteiger charge is -2.32. The minimum absolute atomic E-state index is 0.184. The highest BCUT2D eigenvalue weighted by Gasteiger charge is 2.17. The molecule has 4 heteroatoms. The molecule has 1 aliphatic rings. The number of hydrogen-bond donors (Lipinski definition) is 1. The van der Waals surface area contributed by atoms with Gasteiger partial charge in [0.2, 0.25) is 0 Å². The Labute approximate surface area is 125 Å². The van der Waals surface area contributed by atoms with Gasteiger partial charge in [-0.25, -0.2) is 0 Å². The van der Waals surface area contributed by atoms with Crippen LogP contribution in [-0.4, -0.2) is 48.0 Å². The minimum atomic E-state index is 0.184. The van der Waals surface area contributed by atoms with Gasteiger partial charge in [-0.3, -0.25) is 9.69 Å². The van der Waals surface area contributed by atoms with Gasteiger partial charge in [0.25, 0.3) is 0 Å². The number of fused-ring (bicyclic) bond motifs is 1. The first-order chi connectivity index (χ1) is 10.1. The van der Waals surface area contributed by atoms with Crippen LogP contribution in [0.15, 0.2) is 23.0 Å². The predicted octanol–water partition coefficient (Wildman–Crippen LogP) is 1.89. The number of benzene rings is 1. The number of pyridine rings is 1. The molecule has 2 heterocycles. The zero-order valence-corrected chi connectivity index (χ0v) is 13.1. The zero-order chi connectivity index (χ0) is 15.0. The highest BCUT2D eigenvalue weighted by atomic mass is 16.1. The summed E-state index contributed by atoms with van der Waals surface area (Å²) in [6.07, 6.45) is 0. The van der Waals surface area contributed by atoms with E-state index in [2.05, 4.69) is 21.8 Å². The first-order valence-electron chi connectivity index (χ1n) is 7.58. The maximum Gasteiger partial charge on any atom is 0.194 e. The zero-order valence-electron chi connectivity index (χ0n) is 13.1. The Morgan fingerprint density at radius 2 is 1.86 bits per heavy atom. The summed E-state index contributed by atoms with van der Waals surface area (Å²) in [6, 6.07) is 5.92. The van der Waals surface area contributed by atoms with Gasteiger partial charge in [0, 0.05) is 49.4 Å². The number of aromatic amines is 1. The molecule has 1 fully saturated rings. The Hall–Kier alpha value is -1.65. The molecule has 4 nitrogen and oxygen atoms in total. The molecular weight excluding hydrogens is 262 g/mol. The second kappa shape index (κ2) is 5.62. The minimum Gasteiger partial charge on any atom is -0.358 e. The van der Waals surface area contributed by atoms with E-state index in [1.165, 1.54) is 0 Å². The third kappa shape index (κ3) is 2.74. The van der Waals surface area contributed by atoms with Gasteiger partial charge in [-0.15, -0.1) is 0 Å². The van der Waals surface area contributed by atoms with Crippen molar-refractivity contribution in [3.8, 4) is 0 Å². The molecule has 1 aromatic carbocycles. The van der Waals surface area contributed by atoms with Crippen molar-refractivity contribution in [1.82, 2.24) is 14.8 Å². The number of rotatable bonds is 2. The van der Waals surface area contributed by atoms with Crippen LogP contribution in [0.2, 0.25) is 0 Å². The predicted molar refractivity (Wildman–Crippen MR) is 86.8 cm³/mol. The number of H-pyrrole nitrogens is 1. The molecule has 0 amide bonds. The highest BCUT2D eigenvalue weighted by molar-refractivity contribution is 5.82. The summed E-state index contributed by atoms with van der Waals surface area (Å²) in [4.78, 5) is 20.9.